The predicted octanol–water partition coefficient (Wildman–Crippen LogP) is 4.88. The lowest BCUT2D eigenvalue weighted by atomic mass is 10.0. The summed E-state index contributed by atoms with van der Waals surface area (Å²) in [7, 11) is 2.23. The normalized spacial score (nSPS) is 18.7. The molecule has 2 aromatic carbocycles. The van der Waals surface area contributed by atoms with E-state index < -0.39 is 0 Å². The van der Waals surface area contributed by atoms with Gasteiger partial charge in [-0.2, -0.15) is 0 Å². The van der Waals surface area contributed by atoms with Gasteiger partial charge in [0, 0.05) is 36.8 Å². The highest BCUT2D eigenvalue weighted by atomic mass is 15.1. The number of fused-ring (bicyclic) bond motifs is 4. The monoisotopic (exact) mass is 328 g/mol. The fourth-order valence-corrected chi connectivity index (χ4v) is 4.53. The van der Waals surface area contributed by atoms with Gasteiger partial charge in [0.05, 0.1) is 5.52 Å². The Kier molecular flexibility index (Phi) is 3.36. The summed E-state index contributed by atoms with van der Waals surface area (Å²) < 4.78 is 2.49. The van der Waals surface area contributed by atoms with Crippen molar-refractivity contribution in [3.63, 3.8) is 0 Å². The summed E-state index contributed by atoms with van der Waals surface area (Å²) >= 11 is 0. The van der Waals surface area contributed by atoms with Gasteiger partial charge in [-0.15, -0.1) is 0 Å². The molecule has 1 aliphatic carbocycles. The summed E-state index contributed by atoms with van der Waals surface area (Å²) in [5, 5.41) is 1.43. The second-order valence-electron chi connectivity index (χ2n) is 7.62. The van der Waals surface area contributed by atoms with E-state index in [1.54, 1.807) is 0 Å². The first-order chi connectivity index (χ1) is 12.2. The van der Waals surface area contributed by atoms with E-state index in [1.807, 2.05) is 0 Å². The molecule has 0 N–H and O–H groups in total. The highest BCUT2D eigenvalue weighted by molar-refractivity contribution is 5.91. The largest absolute Gasteiger partial charge is 0.320 e. The molecule has 0 radical (unpaired) electrons. The van der Waals surface area contributed by atoms with Gasteiger partial charge in [0.1, 0.15) is 0 Å². The Morgan fingerprint density at radius 1 is 1.00 bits per heavy atom. The number of aromatic nitrogens is 1. The van der Waals surface area contributed by atoms with Crippen molar-refractivity contribution in [2.24, 2.45) is 0 Å². The Bertz CT molecular complexity index is 1010. The van der Waals surface area contributed by atoms with Crippen molar-refractivity contribution in [1.29, 1.82) is 0 Å². The zero-order valence-electron chi connectivity index (χ0n) is 15.0. The third kappa shape index (κ3) is 2.36. The van der Waals surface area contributed by atoms with Gasteiger partial charge >= 0.3 is 0 Å². The smallest absolute Gasteiger partial charge is 0.0529 e. The minimum Gasteiger partial charge on any atom is -0.320 e. The standard InChI is InChI=1S/C23H24N2/c1-16-7-10-22-20(13-16)21-15-24(2)12-11-23(21)25(22)14-18-9-8-17-5-3-4-6-19(17)18/h3-7,10,13-14H,8-9,11-12,15H2,1-2H3/b18-14+. The molecular weight excluding hydrogens is 304 g/mol. The van der Waals surface area contributed by atoms with E-state index >= 15 is 0 Å². The Balaban J connectivity index is 1.74. The van der Waals surface area contributed by atoms with Gasteiger partial charge in [0.2, 0.25) is 0 Å². The van der Waals surface area contributed by atoms with Gasteiger partial charge in [-0.1, -0.05) is 35.9 Å². The topological polar surface area (TPSA) is 8.17 Å². The molecule has 126 valence electrons. The van der Waals surface area contributed by atoms with Gasteiger partial charge in [-0.05, 0) is 61.2 Å². The van der Waals surface area contributed by atoms with Crippen molar-refractivity contribution in [2.75, 3.05) is 13.6 Å². The number of rotatable bonds is 1. The van der Waals surface area contributed by atoms with Crippen molar-refractivity contribution in [3.8, 4) is 0 Å². The van der Waals surface area contributed by atoms with E-state index in [0.29, 0.717) is 0 Å². The first kappa shape index (κ1) is 15.0. The zero-order valence-corrected chi connectivity index (χ0v) is 15.0. The number of hydrogen-bond acceptors (Lipinski definition) is 1. The van der Waals surface area contributed by atoms with Crippen LogP contribution in [0.1, 0.15) is 34.4 Å². The molecule has 0 unspecified atom stereocenters. The first-order valence-corrected chi connectivity index (χ1v) is 9.30. The van der Waals surface area contributed by atoms with Crippen LogP contribution in [0, 0.1) is 6.92 Å². The third-order valence-corrected chi connectivity index (χ3v) is 5.85. The Hall–Kier alpha value is -2.32. The second-order valence-corrected chi connectivity index (χ2v) is 7.62. The molecule has 0 amide bonds. The van der Waals surface area contributed by atoms with Crippen molar-refractivity contribution < 1.29 is 0 Å². The lowest BCUT2D eigenvalue weighted by molar-refractivity contribution is 0.312. The molecule has 1 aromatic heterocycles. The summed E-state index contributed by atoms with van der Waals surface area (Å²) in [4.78, 5) is 2.44. The zero-order chi connectivity index (χ0) is 17.0. The maximum absolute atomic E-state index is 2.49. The molecule has 2 heteroatoms. The van der Waals surface area contributed by atoms with Crippen molar-refractivity contribution in [3.05, 3.63) is 70.4 Å². The lowest BCUT2D eigenvalue weighted by Gasteiger charge is -2.23. The fourth-order valence-electron chi connectivity index (χ4n) is 4.53. The van der Waals surface area contributed by atoms with E-state index in [0.717, 1.165) is 25.9 Å². The van der Waals surface area contributed by atoms with Gasteiger partial charge in [-0.3, -0.25) is 0 Å². The molecule has 3 aromatic rings. The molecule has 25 heavy (non-hydrogen) atoms. The predicted molar refractivity (Wildman–Crippen MR) is 106 cm³/mol. The molecule has 2 aliphatic rings. The van der Waals surface area contributed by atoms with Crippen LogP contribution >= 0.6 is 0 Å². The second kappa shape index (κ2) is 5.60. The van der Waals surface area contributed by atoms with E-state index in [4.69, 9.17) is 0 Å². The van der Waals surface area contributed by atoms with Crippen LogP contribution in [-0.2, 0) is 19.4 Å². The molecule has 0 saturated carbocycles. The maximum Gasteiger partial charge on any atom is 0.0529 e. The number of nitrogens with zero attached hydrogens (tertiary/aromatic N) is 2. The van der Waals surface area contributed by atoms with Gasteiger partial charge < -0.3 is 9.47 Å². The van der Waals surface area contributed by atoms with Crippen LogP contribution in [0.4, 0.5) is 0 Å². The van der Waals surface area contributed by atoms with Crippen molar-refractivity contribution in [1.82, 2.24) is 9.47 Å². The van der Waals surface area contributed by atoms with Crippen molar-refractivity contribution >= 4 is 22.7 Å². The number of allylic oxidation sites excluding steroid dienone is 1. The highest BCUT2D eigenvalue weighted by Crippen LogP contribution is 2.36. The molecule has 0 bridgehead atoms. The minimum absolute atomic E-state index is 1.06. The SMILES string of the molecule is Cc1ccc2c(c1)c1c(n2/C=C2\CCc3ccccc32)CCN(C)C1. The molecule has 2 nitrogen and oxygen atoms in total. The molecule has 0 saturated heterocycles. The highest BCUT2D eigenvalue weighted by Gasteiger charge is 2.23. The molecule has 1 aliphatic heterocycles. The van der Waals surface area contributed by atoms with E-state index in [2.05, 4.69) is 72.1 Å². The summed E-state index contributed by atoms with van der Waals surface area (Å²) in [6.45, 7) is 4.39. The van der Waals surface area contributed by atoms with E-state index in [9.17, 15) is 0 Å². The Labute approximate surface area is 149 Å². The molecule has 0 spiro atoms. The first-order valence-electron chi connectivity index (χ1n) is 9.30. The van der Waals surface area contributed by atoms with Gasteiger partial charge in [-0.25, -0.2) is 0 Å². The number of likely N-dealkylation sites (N-methyl/N-ethyl adjacent to an activating group) is 1. The molecule has 2 heterocycles. The Morgan fingerprint density at radius 2 is 1.88 bits per heavy atom. The summed E-state index contributed by atoms with van der Waals surface area (Å²) in [6, 6.07) is 15.8. The van der Waals surface area contributed by atoms with Crippen LogP contribution in [0.3, 0.4) is 0 Å². The van der Waals surface area contributed by atoms with Crippen LogP contribution < -0.4 is 0 Å². The molecule has 0 fully saturated rings. The number of hydrogen-bond donors (Lipinski definition) is 0. The quantitative estimate of drug-likeness (QED) is 0.618. The van der Waals surface area contributed by atoms with Gasteiger partial charge in [0.15, 0.2) is 0 Å². The fraction of sp³-hybridized carbons (Fsp3) is 0.304. The third-order valence-electron chi connectivity index (χ3n) is 5.85. The number of aryl methyl sites for hydroxylation is 2. The van der Waals surface area contributed by atoms with E-state index in [1.165, 1.54) is 50.8 Å². The van der Waals surface area contributed by atoms with Crippen LogP contribution in [0.5, 0.6) is 0 Å². The Morgan fingerprint density at radius 3 is 2.80 bits per heavy atom. The summed E-state index contributed by atoms with van der Waals surface area (Å²) in [5.41, 5.74) is 10.2. The maximum atomic E-state index is 2.49. The van der Waals surface area contributed by atoms with Crippen LogP contribution in [0.15, 0.2) is 42.5 Å². The number of benzene rings is 2. The average molecular weight is 328 g/mol. The van der Waals surface area contributed by atoms with Crippen LogP contribution in [0.2, 0.25) is 0 Å². The summed E-state index contributed by atoms with van der Waals surface area (Å²) in [6.07, 6.45) is 5.88. The minimum atomic E-state index is 1.06. The average Bonchev–Trinajstić information content (AvgIpc) is 3.15. The molecule has 0 atom stereocenters. The van der Waals surface area contributed by atoms with Gasteiger partial charge in [0.25, 0.3) is 0 Å². The summed E-state index contributed by atoms with van der Waals surface area (Å²) in [5.74, 6) is 0. The lowest BCUT2D eigenvalue weighted by Crippen LogP contribution is -2.26. The van der Waals surface area contributed by atoms with E-state index in [-0.39, 0.29) is 0 Å². The van der Waals surface area contributed by atoms with Crippen molar-refractivity contribution in [2.45, 2.75) is 32.7 Å². The van der Waals surface area contributed by atoms with Crippen LogP contribution in [0.25, 0.3) is 22.7 Å². The molecular formula is C23H24N2. The molecule has 5 rings (SSSR count). The van der Waals surface area contributed by atoms with Crippen LogP contribution in [-0.4, -0.2) is 23.1 Å².